The van der Waals surface area contributed by atoms with E-state index in [1.165, 1.54) is 0 Å². The van der Waals surface area contributed by atoms with Gasteiger partial charge in [-0.1, -0.05) is 60.7 Å². The van der Waals surface area contributed by atoms with E-state index in [2.05, 4.69) is 36.5 Å². The van der Waals surface area contributed by atoms with E-state index in [1.54, 1.807) is 7.11 Å². The van der Waals surface area contributed by atoms with Crippen molar-refractivity contribution in [2.24, 2.45) is 0 Å². The maximum Gasteiger partial charge on any atom is 0.237 e. The molecule has 2 rings (SSSR count). The number of carbonyl (C=O) groups is 1. The average Bonchev–Trinajstić information content (AvgIpc) is 2.64. The summed E-state index contributed by atoms with van der Waals surface area (Å²) in [6, 6.07) is 20.2. The molecule has 4 nitrogen and oxygen atoms in total. The van der Waals surface area contributed by atoms with Crippen LogP contribution >= 0.6 is 0 Å². The summed E-state index contributed by atoms with van der Waals surface area (Å²) in [5.74, 6) is 0.0892. The standard InChI is InChI=1S/C20H26N2O2/c1-17(19-11-7-4-8-12-19)22(16-18-9-5-3-6-10-18)20(23)15-21-13-14-24-2/h3-12,17,21H,13-16H2,1-2H3. The lowest BCUT2D eigenvalue weighted by molar-refractivity contribution is -0.133. The molecular formula is C20H26N2O2. The summed E-state index contributed by atoms with van der Waals surface area (Å²) in [5, 5.41) is 3.14. The van der Waals surface area contributed by atoms with Crippen LogP contribution in [0.25, 0.3) is 0 Å². The highest BCUT2D eigenvalue weighted by atomic mass is 16.5. The van der Waals surface area contributed by atoms with Crippen molar-refractivity contribution in [1.29, 1.82) is 0 Å². The molecule has 1 unspecified atom stereocenters. The van der Waals surface area contributed by atoms with E-state index < -0.39 is 0 Å². The molecule has 0 radical (unpaired) electrons. The number of hydrogen-bond acceptors (Lipinski definition) is 3. The van der Waals surface area contributed by atoms with E-state index in [-0.39, 0.29) is 11.9 Å². The maximum absolute atomic E-state index is 12.7. The summed E-state index contributed by atoms with van der Waals surface area (Å²) >= 11 is 0. The number of nitrogens with one attached hydrogen (secondary N) is 1. The van der Waals surface area contributed by atoms with E-state index in [0.29, 0.717) is 26.2 Å². The quantitative estimate of drug-likeness (QED) is 0.720. The Kier molecular flexibility index (Phi) is 7.46. The molecule has 0 bridgehead atoms. The first kappa shape index (κ1) is 18.2. The van der Waals surface area contributed by atoms with Crippen molar-refractivity contribution < 1.29 is 9.53 Å². The highest BCUT2D eigenvalue weighted by Crippen LogP contribution is 2.22. The van der Waals surface area contributed by atoms with Crippen LogP contribution < -0.4 is 5.32 Å². The van der Waals surface area contributed by atoms with Crippen LogP contribution in [-0.4, -0.2) is 37.6 Å². The number of carbonyl (C=O) groups excluding carboxylic acids is 1. The van der Waals surface area contributed by atoms with Gasteiger partial charge < -0.3 is 15.0 Å². The number of amides is 1. The third-order valence-corrected chi connectivity index (χ3v) is 4.02. The molecule has 1 atom stereocenters. The molecule has 0 fully saturated rings. The molecule has 0 aromatic heterocycles. The van der Waals surface area contributed by atoms with Crippen LogP contribution in [0.15, 0.2) is 60.7 Å². The third-order valence-electron chi connectivity index (χ3n) is 4.02. The first-order valence-electron chi connectivity index (χ1n) is 8.30. The maximum atomic E-state index is 12.7. The number of ether oxygens (including phenoxy) is 1. The van der Waals surface area contributed by atoms with Gasteiger partial charge >= 0.3 is 0 Å². The smallest absolute Gasteiger partial charge is 0.237 e. The Morgan fingerprint density at radius 2 is 1.71 bits per heavy atom. The Morgan fingerprint density at radius 1 is 1.08 bits per heavy atom. The molecule has 2 aromatic rings. The third kappa shape index (κ3) is 5.48. The van der Waals surface area contributed by atoms with Crippen molar-refractivity contribution in [1.82, 2.24) is 10.2 Å². The minimum atomic E-state index is 0.0168. The fourth-order valence-corrected chi connectivity index (χ4v) is 2.60. The van der Waals surface area contributed by atoms with Crippen LogP contribution in [0.2, 0.25) is 0 Å². The molecule has 2 aromatic carbocycles. The number of hydrogen-bond donors (Lipinski definition) is 1. The Morgan fingerprint density at radius 3 is 2.33 bits per heavy atom. The number of nitrogens with zero attached hydrogens (tertiary/aromatic N) is 1. The summed E-state index contributed by atoms with van der Waals surface area (Å²) in [5.41, 5.74) is 2.27. The molecule has 0 saturated carbocycles. The predicted octanol–water partition coefficient (Wildman–Crippen LogP) is 3.01. The Bertz CT molecular complexity index is 602. The average molecular weight is 326 g/mol. The normalized spacial score (nSPS) is 11.9. The van der Waals surface area contributed by atoms with Gasteiger partial charge in [-0.2, -0.15) is 0 Å². The molecule has 24 heavy (non-hydrogen) atoms. The zero-order valence-corrected chi connectivity index (χ0v) is 14.4. The van der Waals surface area contributed by atoms with Gasteiger partial charge in [0.1, 0.15) is 0 Å². The highest BCUT2D eigenvalue weighted by molar-refractivity contribution is 5.78. The lowest BCUT2D eigenvalue weighted by atomic mass is 10.1. The van der Waals surface area contributed by atoms with Crippen LogP contribution in [0.1, 0.15) is 24.1 Å². The number of methoxy groups -OCH3 is 1. The van der Waals surface area contributed by atoms with Gasteiger partial charge in [0.05, 0.1) is 19.2 Å². The Balaban J connectivity index is 2.10. The Labute approximate surface area is 144 Å². The minimum Gasteiger partial charge on any atom is -0.383 e. The van der Waals surface area contributed by atoms with Crippen molar-refractivity contribution in [3.63, 3.8) is 0 Å². The molecule has 0 saturated heterocycles. The van der Waals surface area contributed by atoms with Crippen LogP contribution in [0.3, 0.4) is 0 Å². The zero-order chi connectivity index (χ0) is 17.2. The van der Waals surface area contributed by atoms with Gasteiger partial charge in [-0.25, -0.2) is 0 Å². The minimum absolute atomic E-state index is 0.0168. The number of benzene rings is 2. The van der Waals surface area contributed by atoms with Crippen LogP contribution in [-0.2, 0) is 16.1 Å². The first-order valence-corrected chi connectivity index (χ1v) is 8.30. The molecule has 4 heteroatoms. The van der Waals surface area contributed by atoms with Crippen LogP contribution in [0.4, 0.5) is 0 Å². The zero-order valence-electron chi connectivity index (χ0n) is 14.4. The van der Waals surface area contributed by atoms with Crippen molar-refractivity contribution in [2.45, 2.75) is 19.5 Å². The molecule has 0 aliphatic heterocycles. The van der Waals surface area contributed by atoms with Gasteiger partial charge in [0.25, 0.3) is 0 Å². The van der Waals surface area contributed by atoms with Gasteiger partial charge in [0.2, 0.25) is 5.91 Å². The molecule has 0 aliphatic rings. The van der Waals surface area contributed by atoms with Crippen molar-refractivity contribution in [3.05, 3.63) is 71.8 Å². The summed E-state index contributed by atoms with van der Waals surface area (Å²) < 4.78 is 5.01. The van der Waals surface area contributed by atoms with Gasteiger partial charge in [0.15, 0.2) is 0 Å². The van der Waals surface area contributed by atoms with Crippen molar-refractivity contribution in [3.8, 4) is 0 Å². The van der Waals surface area contributed by atoms with Crippen LogP contribution in [0.5, 0.6) is 0 Å². The topological polar surface area (TPSA) is 41.6 Å². The van der Waals surface area contributed by atoms with Crippen molar-refractivity contribution in [2.75, 3.05) is 26.8 Å². The number of rotatable bonds is 9. The molecular weight excluding hydrogens is 300 g/mol. The largest absolute Gasteiger partial charge is 0.383 e. The monoisotopic (exact) mass is 326 g/mol. The Hall–Kier alpha value is -2.17. The van der Waals surface area contributed by atoms with E-state index in [9.17, 15) is 4.79 Å². The second-order valence-corrected chi connectivity index (χ2v) is 5.76. The second-order valence-electron chi connectivity index (χ2n) is 5.76. The predicted molar refractivity (Wildman–Crippen MR) is 96.6 cm³/mol. The second kappa shape index (κ2) is 9.85. The van der Waals surface area contributed by atoms with E-state index in [0.717, 1.165) is 11.1 Å². The summed E-state index contributed by atoms with van der Waals surface area (Å²) in [4.78, 5) is 14.7. The lowest BCUT2D eigenvalue weighted by Crippen LogP contribution is -2.40. The highest BCUT2D eigenvalue weighted by Gasteiger charge is 2.21. The molecule has 1 amide bonds. The summed E-state index contributed by atoms with van der Waals surface area (Å²) in [6.07, 6.45) is 0. The van der Waals surface area contributed by atoms with Crippen molar-refractivity contribution >= 4 is 5.91 Å². The first-order chi connectivity index (χ1) is 11.7. The van der Waals surface area contributed by atoms with Gasteiger partial charge in [0, 0.05) is 20.2 Å². The fourth-order valence-electron chi connectivity index (χ4n) is 2.60. The lowest BCUT2D eigenvalue weighted by Gasteiger charge is -2.30. The SMILES string of the molecule is COCCNCC(=O)N(Cc1ccccc1)C(C)c1ccccc1. The summed E-state index contributed by atoms with van der Waals surface area (Å²) in [6.45, 7) is 4.25. The van der Waals surface area contributed by atoms with E-state index in [1.807, 2.05) is 41.3 Å². The van der Waals surface area contributed by atoms with Gasteiger partial charge in [-0.15, -0.1) is 0 Å². The fraction of sp³-hybridized carbons (Fsp3) is 0.350. The summed E-state index contributed by atoms with van der Waals surface area (Å²) in [7, 11) is 1.66. The molecule has 0 spiro atoms. The molecule has 1 N–H and O–H groups in total. The van der Waals surface area contributed by atoms with Gasteiger partial charge in [-0.3, -0.25) is 4.79 Å². The van der Waals surface area contributed by atoms with Gasteiger partial charge in [-0.05, 0) is 18.1 Å². The molecule has 0 heterocycles. The van der Waals surface area contributed by atoms with Crippen LogP contribution in [0, 0.1) is 0 Å². The molecule has 128 valence electrons. The van der Waals surface area contributed by atoms with E-state index >= 15 is 0 Å². The van der Waals surface area contributed by atoms with E-state index in [4.69, 9.17) is 4.74 Å². The molecule has 0 aliphatic carbocycles.